The fourth-order valence-electron chi connectivity index (χ4n) is 3.35. The minimum absolute atomic E-state index is 0.00930. The molecule has 0 spiro atoms. The number of hydrogen-bond acceptors (Lipinski definition) is 8. The van der Waals surface area contributed by atoms with Crippen LogP contribution in [0.25, 0.3) is 0 Å². The highest BCUT2D eigenvalue weighted by atomic mass is 16.6. The molecule has 0 aromatic carbocycles. The van der Waals surface area contributed by atoms with Crippen molar-refractivity contribution < 1.29 is 19.4 Å². The summed E-state index contributed by atoms with van der Waals surface area (Å²) in [5.41, 5.74) is 5.25. The Labute approximate surface area is 210 Å². The van der Waals surface area contributed by atoms with Crippen LogP contribution in [-0.4, -0.2) is 90.9 Å². The molecular formula is C24H45N7O4. The van der Waals surface area contributed by atoms with Gasteiger partial charge in [0.05, 0.1) is 6.10 Å². The van der Waals surface area contributed by atoms with Gasteiger partial charge in [-0.05, 0) is 40.8 Å². The summed E-state index contributed by atoms with van der Waals surface area (Å²) in [6.45, 7) is 21.3. The molecule has 0 aromatic heterocycles. The lowest BCUT2D eigenvalue weighted by Gasteiger charge is -2.33. The van der Waals surface area contributed by atoms with Crippen molar-refractivity contribution in [3.8, 4) is 0 Å². The minimum Gasteiger partial charge on any atom is -0.444 e. The van der Waals surface area contributed by atoms with E-state index in [1.807, 2.05) is 34.6 Å². The monoisotopic (exact) mass is 495 g/mol. The fourth-order valence-corrected chi connectivity index (χ4v) is 3.35. The Morgan fingerprint density at radius 1 is 1.37 bits per heavy atom. The number of hydrogen-bond donors (Lipinski definition) is 5. The number of rotatable bonds is 13. The van der Waals surface area contributed by atoms with E-state index in [2.05, 4.69) is 39.0 Å². The Kier molecular flexibility index (Phi) is 13.4. The highest BCUT2D eigenvalue weighted by molar-refractivity contribution is 5.79. The molecule has 0 aromatic rings. The number of nitrogens with one attached hydrogen (secondary N) is 3. The van der Waals surface area contributed by atoms with E-state index in [9.17, 15) is 9.90 Å². The maximum Gasteiger partial charge on any atom is 0.412 e. The number of amides is 1. The Hall–Kier alpha value is -2.60. The molecule has 1 saturated heterocycles. The van der Waals surface area contributed by atoms with Gasteiger partial charge < -0.3 is 36.3 Å². The molecule has 0 aliphatic carbocycles. The van der Waals surface area contributed by atoms with E-state index in [4.69, 9.17) is 15.2 Å². The summed E-state index contributed by atoms with van der Waals surface area (Å²) < 4.78 is 11.6. The van der Waals surface area contributed by atoms with Crippen molar-refractivity contribution in [3.63, 3.8) is 0 Å². The Morgan fingerprint density at radius 2 is 2.03 bits per heavy atom. The van der Waals surface area contributed by atoms with Crippen LogP contribution in [0.4, 0.5) is 4.79 Å². The molecular weight excluding hydrogens is 450 g/mol. The first-order valence-electron chi connectivity index (χ1n) is 12.0. The van der Waals surface area contributed by atoms with Gasteiger partial charge in [-0.1, -0.05) is 25.3 Å². The van der Waals surface area contributed by atoms with E-state index in [1.54, 1.807) is 17.1 Å². The summed E-state index contributed by atoms with van der Waals surface area (Å²) in [5, 5.41) is 19.5. The van der Waals surface area contributed by atoms with Crippen molar-refractivity contribution in [2.24, 2.45) is 16.6 Å². The van der Waals surface area contributed by atoms with Crippen LogP contribution in [0.3, 0.4) is 0 Å². The van der Waals surface area contributed by atoms with E-state index in [-0.39, 0.29) is 12.7 Å². The van der Waals surface area contributed by atoms with Gasteiger partial charge in [0.25, 0.3) is 0 Å². The third-order valence-electron chi connectivity index (χ3n) is 5.17. The maximum atomic E-state index is 12.8. The molecule has 11 nitrogen and oxygen atoms in total. The van der Waals surface area contributed by atoms with Gasteiger partial charge in [0.1, 0.15) is 18.2 Å². The third-order valence-corrected chi connectivity index (χ3v) is 5.17. The van der Waals surface area contributed by atoms with Crippen LogP contribution in [0.1, 0.15) is 34.6 Å². The van der Waals surface area contributed by atoms with Gasteiger partial charge in [0, 0.05) is 45.2 Å². The predicted octanol–water partition coefficient (Wildman–Crippen LogP) is 1.11. The molecule has 1 aliphatic heterocycles. The lowest BCUT2D eigenvalue weighted by Crippen LogP contribution is -2.48. The molecule has 1 amide bonds. The smallest absolute Gasteiger partial charge is 0.412 e. The minimum atomic E-state index is -1.18. The lowest BCUT2D eigenvalue weighted by molar-refractivity contribution is -0.0611. The first kappa shape index (κ1) is 30.4. The number of aliphatic hydroxyl groups excluding tert-OH is 1. The quantitative estimate of drug-likeness (QED) is 0.110. The number of carbonyl (C=O) groups excluding carboxylic acids is 1. The Balaban J connectivity index is 2.83. The molecule has 0 radical (unpaired) electrons. The number of carbonyl (C=O) groups is 1. The number of aliphatic hydroxyl groups is 1. The number of nitrogens with two attached hydrogens (primary N) is 1. The second kappa shape index (κ2) is 15.4. The van der Waals surface area contributed by atoms with Gasteiger partial charge >= 0.3 is 6.09 Å². The van der Waals surface area contributed by atoms with Crippen LogP contribution in [0.2, 0.25) is 0 Å². The van der Waals surface area contributed by atoms with Crippen molar-refractivity contribution in [2.75, 3.05) is 46.0 Å². The molecule has 6 N–H and O–H groups in total. The summed E-state index contributed by atoms with van der Waals surface area (Å²) in [5.74, 6) is -0.141. The normalized spacial score (nSPS) is 17.9. The largest absolute Gasteiger partial charge is 0.444 e. The topological polar surface area (TPSA) is 137 Å². The molecule has 2 unspecified atom stereocenters. The van der Waals surface area contributed by atoms with Crippen molar-refractivity contribution >= 4 is 12.1 Å². The molecule has 3 atom stereocenters. The van der Waals surface area contributed by atoms with Crippen LogP contribution in [0, 0.1) is 5.92 Å². The summed E-state index contributed by atoms with van der Waals surface area (Å²) in [4.78, 5) is 20.8. The van der Waals surface area contributed by atoms with Crippen molar-refractivity contribution in [3.05, 3.63) is 37.3 Å². The molecule has 1 aliphatic rings. The summed E-state index contributed by atoms with van der Waals surface area (Å²) in [7, 11) is 0. The maximum absolute atomic E-state index is 12.8. The van der Waals surface area contributed by atoms with E-state index in [1.165, 1.54) is 6.20 Å². The molecule has 35 heavy (non-hydrogen) atoms. The van der Waals surface area contributed by atoms with Crippen LogP contribution in [0.15, 0.2) is 42.3 Å². The highest BCUT2D eigenvalue weighted by Gasteiger charge is 2.27. The Morgan fingerprint density at radius 3 is 2.60 bits per heavy atom. The van der Waals surface area contributed by atoms with Gasteiger partial charge in [-0.2, -0.15) is 0 Å². The lowest BCUT2D eigenvalue weighted by atomic mass is 10.0. The summed E-state index contributed by atoms with van der Waals surface area (Å²) in [6, 6.07) is 0. The molecule has 0 saturated carbocycles. The first-order valence-corrected chi connectivity index (χ1v) is 12.0. The van der Waals surface area contributed by atoms with Crippen molar-refractivity contribution in [2.45, 2.75) is 52.6 Å². The average Bonchev–Trinajstić information content (AvgIpc) is 2.76. The molecule has 200 valence electrons. The zero-order valence-electron chi connectivity index (χ0n) is 21.9. The number of nitrogens with zero attached hydrogens (tertiary/aromatic N) is 3. The Bertz CT molecular complexity index is 730. The molecule has 1 fully saturated rings. The second-order valence-electron chi connectivity index (χ2n) is 9.32. The van der Waals surface area contributed by atoms with Crippen molar-refractivity contribution in [1.82, 2.24) is 25.8 Å². The number of ether oxygens (including phenoxy) is 2. The van der Waals surface area contributed by atoms with Gasteiger partial charge in [0.2, 0.25) is 0 Å². The van der Waals surface area contributed by atoms with Crippen molar-refractivity contribution in [1.29, 1.82) is 0 Å². The van der Waals surface area contributed by atoms with Gasteiger partial charge in [-0.25, -0.2) is 9.79 Å². The number of aliphatic imine (C=N–C) groups is 1. The molecule has 1 rings (SSSR count). The van der Waals surface area contributed by atoms with Crippen LogP contribution < -0.4 is 21.7 Å². The van der Waals surface area contributed by atoms with Crippen LogP contribution in [0.5, 0.6) is 0 Å². The van der Waals surface area contributed by atoms with Gasteiger partial charge in [-0.15, -0.1) is 0 Å². The van der Waals surface area contributed by atoms with E-state index < -0.39 is 29.9 Å². The SMILES string of the molecule is C=CNC(=C)N/C(N)=N\C(O)C(C=CC)[C@H](C)OCN(CCN1CCNCC1)C(=O)OC(C)(C)C. The standard InChI is InChI=1S/C24H45N7O4/c1-8-10-20(21(32)29-22(25)28-19(4)27-9-2)18(3)34-17-31(23(33)35-24(5,6)7)16-15-30-13-11-26-12-14-30/h8-10,18,20-21,26-27,32H,2,4,11-17H2,1,3,5-7H3,(H3,25,28,29)/t18-,20?,21?/m0/s1. The fraction of sp³-hybridized carbons (Fsp3) is 0.667. The molecule has 1 heterocycles. The zero-order chi connectivity index (χ0) is 26.4. The van der Waals surface area contributed by atoms with E-state index >= 15 is 0 Å². The first-order chi connectivity index (χ1) is 16.5. The number of allylic oxidation sites excluding steroid dienone is 1. The summed E-state index contributed by atoms with van der Waals surface area (Å²) >= 11 is 0. The number of piperazine rings is 1. The molecule has 11 heteroatoms. The van der Waals surface area contributed by atoms with Gasteiger partial charge in [0.15, 0.2) is 12.2 Å². The number of guanidine groups is 1. The van der Waals surface area contributed by atoms with E-state index in [0.29, 0.717) is 18.9 Å². The third kappa shape index (κ3) is 12.6. The van der Waals surface area contributed by atoms with Crippen LogP contribution in [-0.2, 0) is 9.47 Å². The predicted molar refractivity (Wildman–Crippen MR) is 139 cm³/mol. The average molecular weight is 496 g/mol. The zero-order valence-corrected chi connectivity index (χ0v) is 21.9. The second-order valence-corrected chi connectivity index (χ2v) is 9.32. The van der Waals surface area contributed by atoms with E-state index in [0.717, 1.165) is 26.2 Å². The summed E-state index contributed by atoms with van der Waals surface area (Å²) in [6.07, 6.45) is 2.94. The molecule has 0 bridgehead atoms. The van der Waals surface area contributed by atoms with Crippen LogP contribution >= 0.6 is 0 Å². The highest BCUT2D eigenvalue weighted by Crippen LogP contribution is 2.17. The van der Waals surface area contributed by atoms with Gasteiger partial charge in [-0.3, -0.25) is 9.80 Å².